The number of hydrogen-bond acceptors (Lipinski definition) is 4. The van der Waals surface area contributed by atoms with Gasteiger partial charge in [-0.05, 0) is 42.8 Å². The van der Waals surface area contributed by atoms with Crippen LogP contribution in [0.25, 0.3) is 0 Å². The fraction of sp³-hybridized carbons (Fsp3) is 0.294. The van der Waals surface area contributed by atoms with Crippen LogP contribution in [0, 0.1) is 0 Å². The summed E-state index contributed by atoms with van der Waals surface area (Å²) in [5, 5.41) is 8.58. The molecule has 6 nitrogen and oxygen atoms in total. The molecule has 3 N–H and O–H groups in total. The third-order valence-corrected chi connectivity index (χ3v) is 3.18. The van der Waals surface area contributed by atoms with Crippen molar-refractivity contribution in [2.45, 2.75) is 19.9 Å². The van der Waals surface area contributed by atoms with Gasteiger partial charge in [-0.2, -0.15) is 0 Å². The highest BCUT2D eigenvalue weighted by molar-refractivity contribution is 5.94. The quantitative estimate of drug-likeness (QED) is 0.697. The van der Waals surface area contributed by atoms with Gasteiger partial charge in [-0.25, -0.2) is 0 Å². The van der Waals surface area contributed by atoms with Crippen molar-refractivity contribution < 1.29 is 14.0 Å². The van der Waals surface area contributed by atoms with Crippen LogP contribution in [0.5, 0.6) is 0 Å². The molecule has 0 fully saturated rings. The van der Waals surface area contributed by atoms with Gasteiger partial charge in [0.1, 0.15) is 5.76 Å². The van der Waals surface area contributed by atoms with Gasteiger partial charge in [0.05, 0.1) is 19.4 Å². The second kappa shape index (κ2) is 8.63. The Morgan fingerprint density at radius 3 is 2.52 bits per heavy atom. The molecular weight excluding hydrogens is 294 g/mol. The van der Waals surface area contributed by atoms with Crippen LogP contribution in [-0.4, -0.2) is 24.9 Å². The van der Waals surface area contributed by atoms with E-state index in [9.17, 15) is 9.59 Å². The largest absolute Gasteiger partial charge is 0.467 e. The Bertz CT molecular complexity index is 621. The molecule has 2 amide bonds. The first-order valence-corrected chi connectivity index (χ1v) is 7.60. The minimum Gasteiger partial charge on any atom is -0.467 e. The van der Waals surface area contributed by atoms with Crippen molar-refractivity contribution in [1.29, 1.82) is 0 Å². The van der Waals surface area contributed by atoms with Gasteiger partial charge < -0.3 is 20.4 Å². The highest BCUT2D eigenvalue weighted by atomic mass is 16.3. The molecule has 0 spiro atoms. The summed E-state index contributed by atoms with van der Waals surface area (Å²) in [5.41, 5.74) is 1.34. The van der Waals surface area contributed by atoms with Crippen molar-refractivity contribution in [3.05, 3.63) is 54.0 Å². The average Bonchev–Trinajstić information content (AvgIpc) is 3.10. The van der Waals surface area contributed by atoms with Crippen molar-refractivity contribution >= 4 is 17.5 Å². The molecule has 23 heavy (non-hydrogen) atoms. The van der Waals surface area contributed by atoms with E-state index < -0.39 is 0 Å². The minimum absolute atomic E-state index is 0.0490. The molecule has 2 rings (SSSR count). The van der Waals surface area contributed by atoms with Gasteiger partial charge in [0, 0.05) is 17.8 Å². The van der Waals surface area contributed by atoms with E-state index in [0.717, 1.165) is 12.1 Å². The molecule has 0 aliphatic carbocycles. The summed E-state index contributed by atoms with van der Waals surface area (Å²) in [6, 6.07) is 10.5. The molecule has 1 aromatic heterocycles. The predicted octanol–water partition coefficient (Wildman–Crippen LogP) is 2.15. The Labute approximate surface area is 135 Å². The number of amides is 2. The molecular formula is C17H21N3O3. The predicted molar refractivity (Wildman–Crippen MR) is 88.1 cm³/mol. The molecule has 1 aromatic carbocycles. The van der Waals surface area contributed by atoms with E-state index in [1.54, 1.807) is 42.7 Å². The molecule has 0 unspecified atom stereocenters. The van der Waals surface area contributed by atoms with Gasteiger partial charge in [-0.15, -0.1) is 0 Å². The molecule has 0 bridgehead atoms. The molecule has 6 heteroatoms. The zero-order chi connectivity index (χ0) is 16.5. The van der Waals surface area contributed by atoms with Crippen LogP contribution in [0.3, 0.4) is 0 Å². The number of nitrogens with one attached hydrogen (secondary N) is 3. The van der Waals surface area contributed by atoms with E-state index in [-0.39, 0.29) is 18.4 Å². The summed E-state index contributed by atoms with van der Waals surface area (Å²) < 4.78 is 5.16. The zero-order valence-electron chi connectivity index (χ0n) is 13.1. The number of carbonyl (C=O) groups is 2. The van der Waals surface area contributed by atoms with Crippen LogP contribution < -0.4 is 16.0 Å². The lowest BCUT2D eigenvalue weighted by atomic mass is 10.2. The van der Waals surface area contributed by atoms with E-state index in [2.05, 4.69) is 16.0 Å². The molecule has 122 valence electrons. The second-order valence-electron chi connectivity index (χ2n) is 5.04. The van der Waals surface area contributed by atoms with Crippen LogP contribution in [0.1, 0.15) is 29.5 Å². The standard InChI is InChI=1S/C17H21N3O3/c1-2-9-18-16(21)12-19-14-7-5-13(6-8-14)17(22)20-11-15-4-3-10-23-15/h3-8,10,19H,2,9,11-12H2,1H3,(H,18,21)(H,20,22). The summed E-state index contributed by atoms with van der Waals surface area (Å²) in [7, 11) is 0. The van der Waals surface area contributed by atoms with Gasteiger partial charge in [-0.3, -0.25) is 9.59 Å². The smallest absolute Gasteiger partial charge is 0.251 e. The van der Waals surface area contributed by atoms with Crippen molar-refractivity contribution in [2.75, 3.05) is 18.4 Å². The van der Waals surface area contributed by atoms with Crippen LogP contribution in [0.4, 0.5) is 5.69 Å². The lowest BCUT2D eigenvalue weighted by molar-refractivity contribution is -0.119. The van der Waals surface area contributed by atoms with E-state index >= 15 is 0 Å². The third-order valence-electron chi connectivity index (χ3n) is 3.18. The van der Waals surface area contributed by atoms with Crippen molar-refractivity contribution in [1.82, 2.24) is 10.6 Å². The summed E-state index contributed by atoms with van der Waals surface area (Å²) in [5.74, 6) is 0.482. The topological polar surface area (TPSA) is 83.4 Å². The van der Waals surface area contributed by atoms with Gasteiger partial charge in [0.25, 0.3) is 5.91 Å². The Hall–Kier alpha value is -2.76. The molecule has 1 heterocycles. The maximum Gasteiger partial charge on any atom is 0.251 e. The number of rotatable bonds is 8. The van der Waals surface area contributed by atoms with E-state index in [0.29, 0.717) is 24.4 Å². The van der Waals surface area contributed by atoms with Crippen LogP contribution in [0.15, 0.2) is 47.1 Å². The summed E-state index contributed by atoms with van der Waals surface area (Å²) in [4.78, 5) is 23.5. The zero-order valence-corrected chi connectivity index (χ0v) is 13.1. The number of hydrogen-bond donors (Lipinski definition) is 3. The fourth-order valence-electron chi connectivity index (χ4n) is 1.93. The molecule has 0 aliphatic heterocycles. The summed E-state index contributed by atoms with van der Waals surface area (Å²) in [6.07, 6.45) is 2.48. The number of benzene rings is 1. The third kappa shape index (κ3) is 5.50. The normalized spacial score (nSPS) is 10.1. The van der Waals surface area contributed by atoms with Crippen LogP contribution in [-0.2, 0) is 11.3 Å². The Morgan fingerprint density at radius 2 is 1.87 bits per heavy atom. The molecule has 0 saturated heterocycles. The van der Waals surface area contributed by atoms with Crippen molar-refractivity contribution in [3.8, 4) is 0 Å². The van der Waals surface area contributed by atoms with Gasteiger partial charge in [0.2, 0.25) is 5.91 Å². The van der Waals surface area contributed by atoms with E-state index in [1.165, 1.54) is 0 Å². The highest BCUT2D eigenvalue weighted by Gasteiger charge is 2.06. The summed E-state index contributed by atoms with van der Waals surface area (Å²) >= 11 is 0. The SMILES string of the molecule is CCCNC(=O)CNc1ccc(C(=O)NCc2ccco2)cc1. The van der Waals surface area contributed by atoms with Gasteiger partial charge >= 0.3 is 0 Å². The number of carbonyl (C=O) groups excluding carboxylic acids is 2. The lowest BCUT2D eigenvalue weighted by Crippen LogP contribution is -2.30. The first-order valence-electron chi connectivity index (χ1n) is 7.60. The lowest BCUT2D eigenvalue weighted by Gasteiger charge is -2.08. The fourth-order valence-corrected chi connectivity index (χ4v) is 1.93. The molecule has 0 saturated carbocycles. The average molecular weight is 315 g/mol. The Kier molecular flexibility index (Phi) is 6.23. The maximum atomic E-state index is 12.0. The molecule has 0 aliphatic rings. The minimum atomic E-state index is -0.173. The van der Waals surface area contributed by atoms with Crippen molar-refractivity contribution in [3.63, 3.8) is 0 Å². The maximum absolute atomic E-state index is 12.0. The highest BCUT2D eigenvalue weighted by Crippen LogP contribution is 2.09. The van der Waals surface area contributed by atoms with Crippen LogP contribution in [0.2, 0.25) is 0 Å². The molecule has 2 aromatic rings. The Morgan fingerprint density at radius 1 is 1.09 bits per heavy atom. The van der Waals surface area contributed by atoms with Crippen molar-refractivity contribution in [2.24, 2.45) is 0 Å². The van der Waals surface area contributed by atoms with E-state index in [4.69, 9.17) is 4.42 Å². The number of anilines is 1. The molecule has 0 radical (unpaired) electrons. The monoisotopic (exact) mass is 315 g/mol. The first kappa shape index (κ1) is 16.6. The van der Waals surface area contributed by atoms with Gasteiger partial charge in [0.15, 0.2) is 0 Å². The van der Waals surface area contributed by atoms with Gasteiger partial charge in [-0.1, -0.05) is 6.92 Å². The van der Waals surface area contributed by atoms with E-state index in [1.807, 2.05) is 6.92 Å². The summed E-state index contributed by atoms with van der Waals surface area (Å²) in [6.45, 7) is 3.24. The Balaban J connectivity index is 1.79. The number of furan rings is 1. The van der Waals surface area contributed by atoms with Crippen LogP contribution >= 0.6 is 0 Å². The molecule has 0 atom stereocenters. The first-order chi connectivity index (χ1) is 11.2. The second-order valence-corrected chi connectivity index (χ2v) is 5.04.